The second kappa shape index (κ2) is 10.5. The third-order valence-electron chi connectivity index (χ3n) is 6.74. The lowest BCUT2D eigenvalue weighted by Gasteiger charge is -2.37. The van der Waals surface area contributed by atoms with E-state index in [1.54, 1.807) is 0 Å². The number of carbonyl (C=O) groups excluding carboxylic acids is 1. The van der Waals surface area contributed by atoms with Crippen LogP contribution < -0.4 is 10.6 Å². The lowest BCUT2D eigenvalue weighted by molar-refractivity contribution is -0.123. The van der Waals surface area contributed by atoms with Crippen molar-refractivity contribution in [3.63, 3.8) is 0 Å². The van der Waals surface area contributed by atoms with Crippen LogP contribution in [-0.4, -0.2) is 24.5 Å². The number of hydrogen-bond donors (Lipinski definition) is 2. The van der Waals surface area contributed by atoms with E-state index in [9.17, 15) is 10.1 Å². The quantitative estimate of drug-likeness (QED) is 0.442. The first kappa shape index (κ1) is 27.5. The van der Waals surface area contributed by atoms with Crippen molar-refractivity contribution >= 4 is 29.1 Å². The van der Waals surface area contributed by atoms with Crippen molar-refractivity contribution in [3.8, 4) is 6.07 Å². The van der Waals surface area contributed by atoms with Gasteiger partial charge in [-0.05, 0) is 59.1 Å². The standard InChI is InChI=1S/C29H37Cl2N3O/c1-27(2,3)14-15-33-26(35)25-24(19-8-7-9-22(31)16-19)29(18-32,20-10-12-21(30)13-11-20)23(34-25)17-28(4,5)6/h7-13,16,23-25,34H,14-15,17H2,1-6H3,(H,33,35)/t23-,24-,25+,29-/m0/s1. The van der Waals surface area contributed by atoms with E-state index in [0.29, 0.717) is 23.0 Å². The molecule has 1 heterocycles. The third-order valence-corrected chi connectivity index (χ3v) is 7.23. The van der Waals surface area contributed by atoms with Gasteiger partial charge in [-0.2, -0.15) is 5.26 Å². The van der Waals surface area contributed by atoms with Crippen LogP contribution >= 0.6 is 23.2 Å². The van der Waals surface area contributed by atoms with Crippen LogP contribution in [0.15, 0.2) is 48.5 Å². The summed E-state index contributed by atoms with van der Waals surface area (Å²) in [6.45, 7) is 13.5. The van der Waals surface area contributed by atoms with E-state index >= 15 is 0 Å². The van der Waals surface area contributed by atoms with Crippen LogP contribution in [0.25, 0.3) is 0 Å². The number of nitrogens with one attached hydrogen (secondary N) is 2. The zero-order chi connectivity index (χ0) is 26.0. The molecule has 1 saturated heterocycles. The topological polar surface area (TPSA) is 64.9 Å². The largest absolute Gasteiger partial charge is 0.355 e. The summed E-state index contributed by atoms with van der Waals surface area (Å²) in [4.78, 5) is 13.7. The van der Waals surface area contributed by atoms with Crippen molar-refractivity contribution in [2.45, 2.75) is 77.8 Å². The lowest BCUT2D eigenvalue weighted by Crippen LogP contribution is -2.46. The van der Waals surface area contributed by atoms with Gasteiger partial charge in [-0.3, -0.25) is 4.79 Å². The lowest BCUT2D eigenvalue weighted by atomic mass is 9.63. The predicted octanol–water partition coefficient (Wildman–Crippen LogP) is 6.87. The van der Waals surface area contributed by atoms with E-state index in [2.05, 4.69) is 58.2 Å². The van der Waals surface area contributed by atoms with Crippen LogP contribution in [0.1, 0.15) is 71.4 Å². The second-order valence-corrected chi connectivity index (χ2v) is 13.0. The number of halogens is 2. The van der Waals surface area contributed by atoms with Crippen LogP contribution in [0.5, 0.6) is 0 Å². The Bertz CT molecular complexity index is 1080. The highest BCUT2D eigenvalue weighted by Gasteiger charge is 2.59. The zero-order valence-electron chi connectivity index (χ0n) is 21.6. The van der Waals surface area contributed by atoms with Crippen LogP contribution in [0.4, 0.5) is 0 Å². The van der Waals surface area contributed by atoms with Gasteiger partial charge in [0.15, 0.2) is 0 Å². The van der Waals surface area contributed by atoms with Crippen molar-refractivity contribution in [1.29, 1.82) is 5.26 Å². The molecule has 0 bridgehead atoms. The van der Waals surface area contributed by atoms with Gasteiger partial charge in [-0.25, -0.2) is 0 Å². The van der Waals surface area contributed by atoms with Crippen molar-refractivity contribution in [1.82, 2.24) is 10.6 Å². The predicted molar refractivity (Wildman–Crippen MR) is 145 cm³/mol. The maximum atomic E-state index is 13.7. The second-order valence-electron chi connectivity index (χ2n) is 12.1. The van der Waals surface area contributed by atoms with E-state index in [1.807, 2.05) is 48.5 Å². The molecule has 0 spiro atoms. The fraction of sp³-hybridized carbons (Fsp3) is 0.517. The SMILES string of the molecule is CC(C)(C)CCNC(=O)[C@@H]1N[C@@H](CC(C)(C)C)[C@](C#N)(c2ccc(Cl)cc2)[C@H]1c1cccc(Cl)c1. The molecule has 2 aromatic carbocycles. The van der Waals surface area contributed by atoms with Gasteiger partial charge in [-0.15, -0.1) is 0 Å². The van der Waals surface area contributed by atoms with Gasteiger partial charge in [0, 0.05) is 28.5 Å². The summed E-state index contributed by atoms with van der Waals surface area (Å²) in [6, 6.07) is 16.9. The number of nitriles is 1. The van der Waals surface area contributed by atoms with Gasteiger partial charge in [0.1, 0.15) is 5.41 Å². The van der Waals surface area contributed by atoms with Crippen molar-refractivity contribution in [3.05, 3.63) is 69.7 Å². The van der Waals surface area contributed by atoms with Crippen LogP contribution in [0.3, 0.4) is 0 Å². The number of benzene rings is 2. The Morgan fingerprint density at radius 3 is 2.23 bits per heavy atom. The number of carbonyl (C=O) groups is 1. The zero-order valence-corrected chi connectivity index (χ0v) is 23.1. The maximum absolute atomic E-state index is 13.7. The van der Waals surface area contributed by atoms with Gasteiger partial charge >= 0.3 is 0 Å². The fourth-order valence-corrected chi connectivity index (χ4v) is 5.45. The Kier molecular flexibility index (Phi) is 8.26. The first-order valence-electron chi connectivity index (χ1n) is 12.2. The van der Waals surface area contributed by atoms with E-state index < -0.39 is 17.4 Å². The van der Waals surface area contributed by atoms with Crippen LogP contribution in [-0.2, 0) is 10.2 Å². The van der Waals surface area contributed by atoms with Crippen LogP contribution in [0, 0.1) is 22.2 Å². The Morgan fingerprint density at radius 2 is 1.69 bits per heavy atom. The van der Waals surface area contributed by atoms with E-state index in [4.69, 9.17) is 23.2 Å². The monoisotopic (exact) mass is 513 g/mol. The molecular weight excluding hydrogens is 477 g/mol. The minimum atomic E-state index is -0.991. The minimum absolute atomic E-state index is 0.0668. The molecule has 35 heavy (non-hydrogen) atoms. The van der Waals surface area contributed by atoms with E-state index in [0.717, 1.165) is 17.5 Å². The Balaban J connectivity index is 2.16. The number of hydrogen-bond acceptors (Lipinski definition) is 3. The Morgan fingerprint density at radius 1 is 1.03 bits per heavy atom. The molecule has 2 aromatic rings. The third kappa shape index (κ3) is 6.39. The number of amides is 1. The first-order valence-corrected chi connectivity index (χ1v) is 13.0. The molecule has 0 aliphatic carbocycles. The van der Waals surface area contributed by atoms with E-state index in [1.165, 1.54) is 0 Å². The summed E-state index contributed by atoms with van der Waals surface area (Å²) in [6.07, 6.45) is 1.57. The fourth-order valence-electron chi connectivity index (χ4n) is 5.13. The molecule has 0 saturated carbocycles. The van der Waals surface area contributed by atoms with Crippen molar-refractivity contribution in [2.75, 3.05) is 6.54 Å². The normalized spacial score (nSPS) is 24.7. The first-order chi connectivity index (χ1) is 16.3. The minimum Gasteiger partial charge on any atom is -0.355 e. The molecule has 188 valence electrons. The van der Waals surface area contributed by atoms with Crippen LogP contribution in [0.2, 0.25) is 10.0 Å². The van der Waals surface area contributed by atoms with Gasteiger partial charge in [0.2, 0.25) is 5.91 Å². The van der Waals surface area contributed by atoms with E-state index in [-0.39, 0.29) is 22.8 Å². The van der Waals surface area contributed by atoms with Gasteiger partial charge in [-0.1, -0.05) is 89.0 Å². The average molecular weight is 515 g/mol. The molecule has 1 aliphatic heterocycles. The molecular formula is C29H37Cl2N3O. The summed E-state index contributed by atoms with van der Waals surface area (Å²) in [7, 11) is 0. The van der Waals surface area contributed by atoms with Crippen molar-refractivity contribution in [2.24, 2.45) is 10.8 Å². The smallest absolute Gasteiger partial charge is 0.237 e. The van der Waals surface area contributed by atoms with Gasteiger partial charge < -0.3 is 10.6 Å². The molecule has 4 nitrogen and oxygen atoms in total. The molecule has 1 aliphatic rings. The summed E-state index contributed by atoms with van der Waals surface area (Å²) in [5.74, 6) is -0.529. The highest BCUT2D eigenvalue weighted by Crippen LogP contribution is 2.51. The highest BCUT2D eigenvalue weighted by molar-refractivity contribution is 6.30. The summed E-state index contributed by atoms with van der Waals surface area (Å²) in [5.41, 5.74) is 0.768. The summed E-state index contributed by atoms with van der Waals surface area (Å²) in [5, 5.41) is 18.8. The number of rotatable bonds is 6. The molecule has 2 N–H and O–H groups in total. The maximum Gasteiger partial charge on any atom is 0.237 e. The molecule has 1 fully saturated rings. The molecule has 6 heteroatoms. The molecule has 0 aromatic heterocycles. The molecule has 0 radical (unpaired) electrons. The molecule has 0 unspecified atom stereocenters. The molecule has 3 rings (SSSR count). The summed E-state index contributed by atoms with van der Waals surface area (Å²) < 4.78 is 0. The number of nitrogens with zero attached hydrogens (tertiary/aromatic N) is 1. The Hall–Kier alpha value is -2.06. The van der Waals surface area contributed by atoms with Crippen molar-refractivity contribution < 1.29 is 4.79 Å². The van der Waals surface area contributed by atoms with Gasteiger partial charge in [0.05, 0.1) is 12.1 Å². The summed E-state index contributed by atoms with van der Waals surface area (Å²) >= 11 is 12.6. The Labute approximate surface area is 220 Å². The molecule has 1 amide bonds. The average Bonchev–Trinajstić information content (AvgIpc) is 3.06. The van der Waals surface area contributed by atoms with Gasteiger partial charge in [0.25, 0.3) is 0 Å². The molecule has 4 atom stereocenters. The highest BCUT2D eigenvalue weighted by atomic mass is 35.5.